The molecule has 18 heavy (non-hydrogen) atoms. The van der Waals surface area contributed by atoms with E-state index in [9.17, 15) is 14.4 Å². The summed E-state index contributed by atoms with van der Waals surface area (Å²) in [5.41, 5.74) is -0.660. The average molecular weight is 313 g/mol. The summed E-state index contributed by atoms with van der Waals surface area (Å²) >= 11 is 3.24. The van der Waals surface area contributed by atoms with Crippen molar-refractivity contribution in [3.63, 3.8) is 0 Å². The highest BCUT2D eigenvalue weighted by molar-refractivity contribution is 9.10. The van der Waals surface area contributed by atoms with Crippen molar-refractivity contribution in [1.29, 1.82) is 0 Å². The number of nitrogens with one attached hydrogen (secondary N) is 1. The lowest BCUT2D eigenvalue weighted by Crippen LogP contribution is -2.35. The van der Waals surface area contributed by atoms with Gasteiger partial charge in [0.2, 0.25) is 0 Å². The van der Waals surface area contributed by atoms with Crippen LogP contribution in [0.5, 0.6) is 0 Å². The van der Waals surface area contributed by atoms with Crippen molar-refractivity contribution in [1.82, 2.24) is 9.55 Å². The van der Waals surface area contributed by atoms with E-state index >= 15 is 0 Å². The van der Waals surface area contributed by atoms with E-state index in [4.69, 9.17) is 5.11 Å². The van der Waals surface area contributed by atoms with E-state index in [1.807, 2.05) is 0 Å². The number of carboxylic acids is 1. The second-order valence-corrected chi connectivity index (χ2v) is 4.64. The Morgan fingerprint density at radius 1 is 1.39 bits per heavy atom. The zero-order valence-electron chi connectivity index (χ0n) is 9.14. The Morgan fingerprint density at radius 2 is 2.11 bits per heavy atom. The summed E-state index contributed by atoms with van der Waals surface area (Å²) in [4.78, 5) is 36.7. The molecule has 0 fully saturated rings. The fourth-order valence-corrected chi connectivity index (χ4v) is 1.99. The third kappa shape index (κ3) is 2.35. The number of aliphatic carboxylic acids is 1. The van der Waals surface area contributed by atoms with Gasteiger partial charge in [0.25, 0.3) is 5.56 Å². The Balaban J connectivity index is 2.64. The SMILES string of the molecule is O=C(O)CCn1c(=O)[nH]c2ccc(Br)cc2c1=O. The number of carboxylic acid groups (broad SMARTS) is 1. The molecule has 0 saturated heterocycles. The molecule has 2 N–H and O–H groups in total. The second kappa shape index (κ2) is 4.77. The fourth-order valence-electron chi connectivity index (χ4n) is 1.63. The second-order valence-electron chi connectivity index (χ2n) is 3.72. The average Bonchev–Trinajstić information content (AvgIpc) is 2.30. The van der Waals surface area contributed by atoms with Crippen LogP contribution in [0.15, 0.2) is 32.3 Å². The zero-order valence-corrected chi connectivity index (χ0v) is 10.7. The van der Waals surface area contributed by atoms with E-state index < -0.39 is 17.2 Å². The number of hydrogen-bond donors (Lipinski definition) is 2. The predicted molar refractivity (Wildman–Crippen MR) is 68.8 cm³/mol. The van der Waals surface area contributed by atoms with Gasteiger partial charge in [-0.3, -0.25) is 14.2 Å². The Bertz CT molecular complexity index is 732. The van der Waals surface area contributed by atoms with Crippen LogP contribution in [0, 0.1) is 0 Å². The first-order valence-corrected chi connectivity index (χ1v) is 5.92. The van der Waals surface area contributed by atoms with Crippen molar-refractivity contribution in [3.8, 4) is 0 Å². The minimum atomic E-state index is -1.06. The van der Waals surface area contributed by atoms with Crippen molar-refractivity contribution >= 4 is 32.8 Å². The first-order valence-electron chi connectivity index (χ1n) is 5.13. The highest BCUT2D eigenvalue weighted by Gasteiger charge is 2.09. The fraction of sp³-hybridized carbons (Fsp3) is 0.182. The Hall–Kier alpha value is -1.89. The van der Waals surface area contributed by atoms with E-state index in [1.54, 1.807) is 18.2 Å². The molecule has 2 rings (SSSR count). The molecule has 0 aliphatic carbocycles. The molecule has 0 spiro atoms. The van der Waals surface area contributed by atoms with Gasteiger partial charge in [-0.2, -0.15) is 0 Å². The number of aromatic amines is 1. The maximum absolute atomic E-state index is 12.0. The molecule has 1 aromatic heterocycles. The Labute approximate surface area is 109 Å². The van der Waals surface area contributed by atoms with Crippen molar-refractivity contribution in [3.05, 3.63) is 43.5 Å². The standard InChI is InChI=1S/C11H9BrN2O4/c12-6-1-2-8-7(5-6)10(17)14(11(18)13-8)4-3-9(15)16/h1-2,5H,3-4H2,(H,13,18)(H,15,16). The summed E-state index contributed by atoms with van der Waals surface area (Å²) in [5, 5.41) is 8.92. The number of benzene rings is 1. The van der Waals surface area contributed by atoms with Crippen molar-refractivity contribution in [2.45, 2.75) is 13.0 Å². The van der Waals surface area contributed by atoms with Gasteiger partial charge in [-0.15, -0.1) is 0 Å². The molecule has 7 heteroatoms. The van der Waals surface area contributed by atoms with Crippen molar-refractivity contribution in [2.24, 2.45) is 0 Å². The van der Waals surface area contributed by atoms with Crippen LogP contribution in [0.25, 0.3) is 10.9 Å². The molecule has 0 saturated carbocycles. The molecule has 2 aromatic rings. The van der Waals surface area contributed by atoms with Crippen molar-refractivity contribution in [2.75, 3.05) is 0 Å². The molecule has 6 nitrogen and oxygen atoms in total. The molecule has 0 atom stereocenters. The summed E-state index contributed by atoms with van der Waals surface area (Å²) in [5.74, 6) is -1.06. The summed E-state index contributed by atoms with van der Waals surface area (Å²) in [6, 6.07) is 4.91. The minimum absolute atomic E-state index is 0.147. The van der Waals surface area contributed by atoms with Crippen LogP contribution in [0.4, 0.5) is 0 Å². The summed E-state index contributed by atoms with van der Waals surface area (Å²) in [6.45, 7) is -0.147. The third-order valence-electron chi connectivity index (χ3n) is 2.49. The van der Waals surface area contributed by atoms with Gasteiger partial charge >= 0.3 is 11.7 Å². The van der Waals surface area contributed by atoms with Gasteiger partial charge in [-0.05, 0) is 18.2 Å². The van der Waals surface area contributed by atoms with Crippen LogP contribution < -0.4 is 11.2 Å². The lowest BCUT2D eigenvalue weighted by Gasteiger charge is -2.04. The molecule has 0 bridgehead atoms. The Kier molecular flexibility index (Phi) is 3.33. The van der Waals surface area contributed by atoms with Gasteiger partial charge in [0, 0.05) is 11.0 Å². The molecule has 1 heterocycles. The minimum Gasteiger partial charge on any atom is -0.481 e. The van der Waals surface area contributed by atoms with Gasteiger partial charge in [0.15, 0.2) is 0 Å². The lowest BCUT2D eigenvalue weighted by molar-refractivity contribution is -0.137. The Morgan fingerprint density at radius 3 is 2.78 bits per heavy atom. The monoisotopic (exact) mass is 312 g/mol. The van der Waals surface area contributed by atoms with E-state index in [0.29, 0.717) is 15.4 Å². The molecule has 0 aliphatic heterocycles. The van der Waals surface area contributed by atoms with Gasteiger partial charge in [-0.1, -0.05) is 15.9 Å². The third-order valence-corrected chi connectivity index (χ3v) is 2.99. The van der Waals surface area contributed by atoms with Gasteiger partial charge in [0.05, 0.1) is 17.3 Å². The topological polar surface area (TPSA) is 92.2 Å². The number of nitrogens with zero attached hydrogens (tertiary/aromatic N) is 1. The van der Waals surface area contributed by atoms with Crippen LogP contribution in [-0.4, -0.2) is 20.6 Å². The maximum Gasteiger partial charge on any atom is 0.328 e. The van der Waals surface area contributed by atoms with Crippen LogP contribution in [0.3, 0.4) is 0 Å². The van der Waals surface area contributed by atoms with E-state index in [2.05, 4.69) is 20.9 Å². The highest BCUT2D eigenvalue weighted by Crippen LogP contribution is 2.14. The summed E-state index contributed by atoms with van der Waals surface area (Å²) in [6.07, 6.45) is -0.275. The number of H-pyrrole nitrogens is 1. The number of rotatable bonds is 3. The molecule has 0 unspecified atom stereocenters. The van der Waals surface area contributed by atoms with Gasteiger partial charge in [0.1, 0.15) is 0 Å². The summed E-state index contributed by atoms with van der Waals surface area (Å²) < 4.78 is 1.60. The number of carbonyl (C=O) groups is 1. The molecule has 0 radical (unpaired) electrons. The lowest BCUT2D eigenvalue weighted by atomic mass is 10.2. The molecular formula is C11H9BrN2O4. The van der Waals surface area contributed by atoms with Crippen molar-refractivity contribution < 1.29 is 9.90 Å². The number of fused-ring (bicyclic) bond motifs is 1. The number of hydrogen-bond acceptors (Lipinski definition) is 3. The van der Waals surface area contributed by atoms with Gasteiger partial charge < -0.3 is 10.1 Å². The van der Waals surface area contributed by atoms with E-state index in [-0.39, 0.29) is 13.0 Å². The predicted octanol–water partition coefficient (Wildman–Crippen LogP) is 0.927. The largest absolute Gasteiger partial charge is 0.481 e. The summed E-state index contributed by atoms with van der Waals surface area (Å²) in [7, 11) is 0. The van der Waals surface area contributed by atoms with E-state index in [1.165, 1.54) is 0 Å². The number of halogens is 1. The molecular weight excluding hydrogens is 304 g/mol. The smallest absolute Gasteiger partial charge is 0.328 e. The van der Waals surface area contributed by atoms with Crippen LogP contribution >= 0.6 is 15.9 Å². The molecule has 94 valence electrons. The maximum atomic E-state index is 12.0. The van der Waals surface area contributed by atoms with E-state index in [0.717, 1.165) is 4.57 Å². The molecule has 0 aliphatic rings. The van der Waals surface area contributed by atoms with Gasteiger partial charge in [-0.25, -0.2) is 4.79 Å². The highest BCUT2D eigenvalue weighted by atomic mass is 79.9. The quantitative estimate of drug-likeness (QED) is 0.881. The first-order chi connectivity index (χ1) is 8.49. The molecule has 1 aromatic carbocycles. The van der Waals surface area contributed by atoms with Crippen LogP contribution in [0.2, 0.25) is 0 Å². The molecule has 0 amide bonds. The van der Waals surface area contributed by atoms with Crippen LogP contribution in [0.1, 0.15) is 6.42 Å². The zero-order chi connectivity index (χ0) is 13.3. The van der Waals surface area contributed by atoms with Crippen LogP contribution in [-0.2, 0) is 11.3 Å². The normalized spacial score (nSPS) is 10.7. The first kappa shape index (κ1) is 12.6. The number of aromatic nitrogens is 2.